The van der Waals surface area contributed by atoms with Gasteiger partial charge in [0, 0.05) is 51.0 Å². The van der Waals surface area contributed by atoms with Crippen LogP contribution in [0.3, 0.4) is 0 Å². The number of nitrogens with zero attached hydrogens (tertiary/aromatic N) is 2. The van der Waals surface area contributed by atoms with Gasteiger partial charge in [0.2, 0.25) is 0 Å². The second-order valence-corrected chi connectivity index (χ2v) is 6.03. The summed E-state index contributed by atoms with van der Waals surface area (Å²) in [5, 5.41) is 4.46. The first kappa shape index (κ1) is 18.4. The van der Waals surface area contributed by atoms with E-state index >= 15 is 0 Å². The van der Waals surface area contributed by atoms with Gasteiger partial charge < -0.3 is 19.7 Å². The van der Waals surface area contributed by atoms with Crippen molar-refractivity contribution in [3.8, 4) is 0 Å². The first-order chi connectivity index (χ1) is 10.3. The van der Waals surface area contributed by atoms with Crippen molar-refractivity contribution in [2.75, 3.05) is 45.4 Å². The van der Waals surface area contributed by atoms with Gasteiger partial charge in [-0.2, -0.15) is 0 Å². The number of anilines is 1. The zero-order valence-corrected chi connectivity index (χ0v) is 14.5. The molecule has 0 aromatic carbocycles. The molecular weight excluding hydrogens is 286 g/mol. The van der Waals surface area contributed by atoms with Crippen molar-refractivity contribution >= 4 is 16.5 Å². The molecule has 0 saturated carbocycles. The van der Waals surface area contributed by atoms with E-state index in [2.05, 4.69) is 29.0 Å². The molecule has 1 heterocycles. The van der Waals surface area contributed by atoms with Crippen LogP contribution in [0.2, 0.25) is 0 Å². The first-order valence-corrected chi connectivity index (χ1v) is 8.48. The minimum Gasteiger partial charge on any atom is -0.383 e. The smallest absolute Gasteiger partial charge is 0.185 e. The van der Waals surface area contributed by atoms with Crippen molar-refractivity contribution in [2.24, 2.45) is 0 Å². The number of thiazole rings is 1. The third-order valence-electron chi connectivity index (χ3n) is 3.49. The van der Waals surface area contributed by atoms with Crippen molar-refractivity contribution in [1.29, 1.82) is 0 Å². The minimum absolute atomic E-state index is 0.528. The molecular formula is C15H29N3O2S. The van der Waals surface area contributed by atoms with Gasteiger partial charge in [0.25, 0.3) is 0 Å². The van der Waals surface area contributed by atoms with Crippen molar-refractivity contribution in [2.45, 2.75) is 39.3 Å². The van der Waals surface area contributed by atoms with Gasteiger partial charge in [-0.25, -0.2) is 4.98 Å². The van der Waals surface area contributed by atoms with Crippen LogP contribution in [-0.4, -0.2) is 51.5 Å². The zero-order chi connectivity index (χ0) is 15.5. The summed E-state index contributed by atoms with van der Waals surface area (Å²) in [6.45, 7) is 8.54. The maximum absolute atomic E-state index is 5.24. The molecule has 0 fully saturated rings. The monoisotopic (exact) mass is 315 g/mol. The number of methoxy groups -OCH3 is 2. The summed E-state index contributed by atoms with van der Waals surface area (Å²) in [4.78, 5) is 8.24. The molecule has 0 unspecified atom stereocenters. The van der Waals surface area contributed by atoms with E-state index < -0.39 is 0 Å². The number of hydrogen-bond donors (Lipinski definition) is 1. The highest BCUT2D eigenvalue weighted by molar-refractivity contribution is 7.15. The van der Waals surface area contributed by atoms with Gasteiger partial charge in [-0.05, 0) is 12.8 Å². The van der Waals surface area contributed by atoms with Crippen LogP contribution in [0.15, 0.2) is 6.20 Å². The molecule has 0 spiro atoms. The fraction of sp³-hybridized carbons (Fsp3) is 0.800. The molecule has 0 aliphatic rings. The molecule has 0 bridgehead atoms. The molecule has 0 saturated heterocycles. The Morgan fingerprint density at radius 2 is 1.95 bits per heavy atom. The first-order valence-electron chi connectivity index (χ1n) is 7.66. The van der Waals surface area contributed by atoms with Crippen molar-refractivity contribution in [3.05, 3.63) is 11.1 Å². The molecule has 0 amide bonds. The van der Waals surface area contributed by atoms with E-state index in [-0.39, 0.29) is 0 Å². The quantitative estimate of drug-likeness (QED) is 0.601. The number of rotatable bonds is 12. The molecule has 122 valence electrons. The van der Waals surface area contributed by atoms with E-state index in [9.17, 15) is 0 Å². The fourth-order valence-corrected chi connectivity index (χ4v) is 3.23. The molecule has 5 nitrogen and oxygen atoms in total. The number of ether oxygens (including phenoxy) is 2. The Bertz CT molecular complexity index is 370. The van der Waals surface area contributed by atoms with Crippen LogP contribution >= 0.6 is 11.3 Å². The number of aromatic nitrogens is 1. The summed E-state index contributed by atoms with van der Waals surface area (Å²) < 4.78 is 10.3. The summed E-state index contributed by atoms with van der Waals surface area (Å²) in [6.07, 6.45) is 4.23. The highest BCUT2D eigenvalue weighted by Crippen LogP contribution is 2.26. The zero-order valence-electron chi connectivity index (χ0n) is 13.7. The standard InChI is InChI=1S/C15H29N3O2S/c1-5-13(6-2)18(8-10-20-4)15-17-12-14(21-15)11-16-7-9-19-3/h12-13,16H,5-11H2,1-4H3. The van der Waals surface area contributed by atoms with Gasteiger partial charge >= 0.3 is 0 Å². The van der Waals surface area contributed by atoms with Crippen LogP contribution in [0, 0.1) is 0 Å². The second-order valence-electron chi connectivity index (χ2n) is 4.94. The van der Waals surface area contributed by atoms with Crippen LogP contribution in [0.1, 0.15) is 31.6 Å². The van der Waals surface area contributed by atoms with Gasteiger partial charge in [0.1, 0.15) is 0 Å². The van der Waals surface area contributed by atoms with Crippen LogP contribution in [-0.2, 0) is 16.0 Å². The van der Waals surface area contributed by atoms with Gasteiger partial charge in [0.05, 0.1) is 13.2 Å². The lowest BCUT2D eigenvalue weighted by Crippen LogP contribution is -2.37. The molecule has 21 heavy (non-hydrogen) atoms. The third-order valence-corrected chi connectivity index (χ3v) is 4.52. The van der Waals surface area contributed by atoms with Crippen molar-refractivity contribution < 1.29 is 9.47 Å². The summed E-state index contributed by atoms with van der Waals surface area (Å²) in [5.41, 5.74) is 0. The van der Waals surface area contributed by atoms with E-state index in [0.717, 1.165) is 50.8 Å². The van der Waals surface area contributed by atoms with Gasteiger partial charge in [-0.15, -0.1) is 11.3 Å². The van der Waals surface area contributed by atoms with Crippen LogP contribution in [0.25, 0.3) is 0 Å². The predicted octanol–water partition coefficient (Wildman–Crippen LogP) is 2.52. The Kier molecular flexibility index (Phi) is 9.58. The Morgan fingerprint density at radius 1 is 1.24 bits per heavy atom. The molecule has 0 aliphatic heterocycles. The Morgan fingerprint density at radius 3 is 2.57 bits per heavy atom. The summed E-state index contributed by atoms with van der Waals surface area (Å²) in [6, 6.07) is 0.528. The Hall–Kier alpha value is -0.690. The van der Waals surface area contributed by atoms with E-state index in [1.54, 1.807) is 25.6 Å². The lowest BCUT2D eigenvalue weighted by Gasteiger charge is -2.29. The van der Waals surface area contributed by atoms with Crippen LogP contribution in [0.5, 0.6) is 0 Å². The molecule has 1 rings (SSSR count). The molecule has 1 aromatic heterocycles. The maximum atomic E-state index is 5.24. The average molecular weight is 315 g/mol. The summed E-state index contributed by atoms with van der Waals surface area (Å²) >= 11 is 1.76. The lowest BCUT2D eigenvalue weighted by molar-refractivity contribution is 0.199. The largest absolute Gasteiger partial charge is 0.383 e. The molecule has 0 atom stereocenters. The normalized spacial score (nSPS) is 11.3. The SMILES string of the molecule is CCC(CC)N(CCOC)c1ncc(CNCCOC)s1. The lowest BCUT2D eigenvalue weighted by atomic mass is 10.1. The average Bonchev–Trinajstić information content (AvgIpc) is 2.96. The maximum Gasteiger partial charge on any atom is 0.185 e. The molecule has 6 heteroatoms. The number of nitrogens with one attached hydrogen (secondary N) is 1. The predicted molar refractivity (Wildman–Crippen MR) is 89.3 cm³/mol. The summed E-state index contributed by atoms with van der Waals surface area (Å²) in [5.74, 6) is 0. The van der Waals surface area contributed by atoms with E-state index in [1.807, 2.05) is 6.20 Å². The topological polar surface area (TPSA) is 46.6 Å². The second kappa shape index (κ2) is 11.0. The molecule has 1 N–H and O–H groups in total. The third kappa shape index (κ3) is 6.30. The van der Waals surface area contributed by atoms with Crippen LogP contribution < -0.4 is 10.2 Å². The van der Waals surface area contributed by atoms with Gasteiger partial charge in [-0.1, -0.05) is 13.8 Å². The highest BCUT2D eigenvalue weighted by atomic mass is 32.1. The van der Waals surface area contributed by atoms with Crippen molar-refractivity contribution in [1.82, 2.24) is 10.3 Å². The molecule has 0 radical (unpaired) electrons. The Labute approximate surface area is 132 Å². The van der Waals surface area contributed by atoms with E-state index in [1.165, 1.54) is 4.88 Å². The molecule has 1 aromatic rings. The minimum atomic E-state index is 0.528. The fourth-order valence-electron chi connectivity index (χ4n) is 2.25. The number of hydrogen-bond acceptors (Lipinski definition) is 6. The van der Waals surface area contributed by atoms with Crippen LogP contribution in [0.4, 0.5) is 5.13 Å². The van der Waals surface area contributed by atoms with E-state index in [4.69, 9.17) is 9.47 Å². The van der Waals surface area contributed by atoms with Gasteiger partial charge in [0.15, 0.2) is 5.13 Å². The highest BCUT2D eigenvalue weighted by Gasteiger charge is 2.18. The van der Waals surface area contributed by atoms with E-state index in [0.29, 0.717) is 6.04 Å². The Balaban J connectivity index is 2.63. The summed E-state index contributed by atoms with van der Waals surface area (Å²) in [7, 11) is 3.47. The molecule has 0 aliphatic carbocycles. The van der Waals surface area contributed by atoms with Gasteiger partial charge in [-0.3, -0.25) is 0 Å². The van der Waals surface area contributed by atoms with Crippen molar-refractivity contribution in [3.63, 3.8) is 0 Å².